The molecule has 0 saturated heterocycles. The van der Waals surface area contributed by atoms with Crippen LogP contribution in [-0.2, 0) is 10.5 Å². The van der Waals surface area contributed by atoms with Crippen molar-refractivity contribution in [3.63, 3.8) is 0 Å². The van der Waals surface area contributed by atoms with Gasteiger partial charge in [-0.3, -0.25) is 14.9 Å². The van der Waals surface area contributed by atoms with E-state index in [-0.39, 0.29) is 16.8 Å². The van der Waals surface area contributed by atoms with Crippen LogP contribution < -0.4 is 5.43 Å². The summed E-state index contributed by atoms with van der Waals surface area (Å²) in [4.78, 5) is 22.4. The molecule has 0 aliphatic rings. The average molecular weight is 343 g/mol. The molecule has 2 aromatic rings. The second-order valence-corrected chi connectivity index (χ2v) is 6.32. The van der Waals surface area contributed by atoms with E-state index in [1.807, 2.05) is 30.3 Å². The number of rotatable bonds is 7. The fourth-order valence-electron chi connectivity index (χ4n) is 1.89. The molecule has 0 aliphatic heterocycles. The molecule has 2 aromatic carbocycles. The van der Waals surface area contributed by atoms with Gasteiger partial charge in [-0.1, -0.05) is 42.5 Å². The third kappa shape index (κ3) is 5.20. The van der Waals surface area contributed by atoms with Crippen LogP contribution in [0.2, 0.25) is 0 Å². The van der Waals surface area contributed by atoms with E-state index in [4.69, 9.17) is 0 Å². The molecule has 0 bridgehead atoms. The molecule has 1 amide bonds. The van der Waals surface area contributed by atoms with Gasteiger partial charge in [0.2, 0.25) is 0 Å². The Bertz CT molecular complexity index is 735. The van der Waals surface area contributed by atoms with Crippen molar-refractivity contribution in [2.75, 3.05) is 0 Å². The van der Waals surface area contributed by atoms with Crippen LogP contribution in [0.25, 0.3) is 0 Å². The molecule has 0 aromatic heterocycles. The lowest BCUT2D eigenvalue weighted by atomic mass is 10.2. The Morgan fingerprint density at radius 3 is 2.62 bits per heavy atom. The summed E-state index contributed by atoms with van der Waals surface area (Å²) >= 11 is 1.50. The van der Waals surface area contributed by atoms with Crippen LogP contribution in [0.4, 0.5) is 5.69 Å². The molecule has 6 nitrogen and oxygen atoms in total. The molecule has 24 heavy (non-hydrogen) atoms. The number of hydrogen-bond acceptors (Lipinski definition) is 5. The summed E-state index contributed by atoms with van der Waals surface area (Å²) in [5, 5.41) is 14.4. The quantitative estimate of drug-likeness (QED) is 0.474. The third-order valence-corrected chi connectivity index (χ3v) is 4.44. The van der Waals surface area contributed by atoms with E-state index in [0.29, 0.717) is 5.56 Å². The van der Waals surface area contributed by atoms with Crippen molar-refractivity contribution >= 4 is 29.6 Å². The van der Waals surface area contributed by atoms with Crippen molar-refractivity contribution in [3.05, 3.63) is 75.8 Å². The number of nitrogens with zero attached hydrogens (tertiary/aromatic N) is 2. The van der Waals surface area contributed by atoms with E-state index in [1.54, 1.807) is 25.1 Å². The van der Waals surface area contributed by atoms with Gasteiger partial charge < -0.3 is 0 Å². The molecule has 0 unspecified atom stereocenters. The molecule has 0 aliphatic carbocycles. The van der Waals surface area contributed by atoms with Crippen molar-refractivity contribution in [2.45, 2.75) is 17.9 Å². The van der Waals surface area contributed by atoms with Gasteiger partial charge in [-0.05, 0) is 18.6 Å². The number of thioether (sulfide) groups is 1. The summed E-state index contributed by atoms with van der Waals surface area (Å²) in [6.45, 7) is 1.80. The Morgan fingerprint density at radius 1 is 1.25 bits per heavy atom. The first kappa shape index (κ1) is 17.7. The minimum atomic E-state index is -0.485. The van der Waals surface area contributed by atoms with Crippen LogP contribution in [0, 0.1) is 10.1 Å². The van der Waals surface area contributed by atoms with Crippen LogP contribution in [0.5, 0.6) is 0 Å². The summed E-state index contributed by atoms with van der Waals surface area (Å²) in [7, 11) is 0. The van der Waals surface area contributed by atoms with Crippen LogP contribution in [0.15, 0.2) is 59.7 Å². The van der Waals surface area contributed by atoms with Crippen LogP contribution in [0.1, 0.15) is 18.1 Å². The number of nitrogens with one attached hydrogen (secondary N) is 1. The van der Waals surface area contributed by atoms with E-state index in [0.717, 1.165) is 11.3 Å². The third-order valence-electron chi connectivity index (χ3n) is 3.22. The Balaban J connectivity index is 1.87. The maximum atomic E-state index is 12.0. The highest BCUT2D eigenvalue weighted by Gasteiger charge is 2.13. The van der Waals surface area contributed by atoms with Gasteiger partial charge in [-0.15, -0.1) is 11.8 Å². The predicted octanol–water partition coefficient (Wildman–Crippen LogP) is 3.37. The molecule has 1 atom stereocenters. The molecule has 0 fully saturated rings. The van der Waals surface area contributed by atoms with Crippen molar-refractivity contribution in [1.29, 1.82) is 0 Å². The van der Waals surface area contributed by atoms with Crippen LogP contribution >= 0.6 is 11.8 Å². The summed E-state index contributed by atoms with van der Waals surface area (Å²) in [6, 6.07) is 16.1. The number of carbonyl (C=O) groups is 1. The van der Waals surface area contributed by atoms with Crippen molar-refractivity contribution in [3.8, 4) is 0 Å². The van der Waals surface area contributed by atoms with E-state index >= 15 is 0 Å². The van der Waals surface area contributed by atoms with E-state index in [1.165, 1.54) is 24.0 Å². The normalized spacial score (nSPS) is 12.0. The smallest absolute Gasteiger partial charge is 0.272 e. The minimum absolute atomic E-state index is 0.0537. The summed E-state index contributed by atoms with van der Waals surface area (Å²) in [5.41, 5.74) is 3.85. The van der Waals surface area contributed by atoms with E-state index in [2.05, 4.69) is 10.5 Å². The minimum Gasteiger partial charge on any atom is -0.272 e. The highest BCUT2D eigenvalue weighted by molar-refractivity contribution is 7.99. The Labute approximate surface area is 144 Å². The molecule has 7 heteroatoms. The van der Waals surface area contributed by atoms with Gasteiger partial charge in [-0.25, -0.2) is 5.43 Å². The Kier molecular flexibility index (Phi) is 6.51. The molecule has 0 spiro atoms. The number of para-hydroxylation sites is 1. The second-order valence-electron chi connectivity index (χ2n) is 4.99. The monoisotopic (exact) mass is 343 g/mol. The standard InChI is InChI=1S/C17H17N3O3S/c1-13(24-12-14-7-3-2-4-8-14)17(21)19-18-11-15-9-5-6-10-16(15)20(22)23/h2-11,13H,12H2,1H3,(H,19,21)/b18-11-/t13-/m0/s1. The summed E-state index contributed by atoms with van der Waals surface area (Å²) < 4.78 is 0. The van der Waals surface area contributed by atoms with Gasteiger partial charge in [0.1, 0.15) is 0 Å². The Hall–Kier alpha value is -2.67. The zero-order valence-corrected chi connectivity index (χ0v) is 13.9. The van der Waals surface area contributed by atoms with Crippen molar-refractivity contribution in [2.24, 2.45) is 5.10 Å². The average Bonchev–Trinajstić information content (AvgIpc) is 2.60. The maximum Gasteiger partial charge on any atom is 0.278 e. The number of carbonyl (C=O) groups excluding carboxylic acids is 1. The molecule has 2 rings (SSSR count). The van der Waals surface area contributed by atoms with E-state index < -0.39 is 4.92 Å². The lowest BCUT2D eigenvalue weighted by molar-refractivity contribution is -0.385. The SMILES string of the molecule is C[C@H](SCc1ccccc1)C(=O)N/N=C\c1ccccc1[N+](=O)[O-]. The largest absolute Gasteiger partial charge is 0.278 e. The fraction of sp³-hybridized carbons (Fsp3) is 0.176. The van der Waals surface area contributed by atoms with Crippen molar-refractivity contribution < 1.29 is 9.72 Å². The number of amides is 1. The van der Waals surface area contributed by atoms with Crippen molar-refractivity contribution in [1.82, 2.24) is 5.43 Å². The molecular weight excluding hydrogens is 326 g/mol. The summed E-state index contributed by atoms with van der Waals surface area (Å²) in [5.74, 6) is 0.481. The molecule has 0 radical (unpaired) electrons. The summed E-state index contributed by atoms with van der Waals surface area (Å²) in [6.07, 6.45) is 1.28. The predicted molar refractivity (Wildman–Crippen MR) is 96.0 cm³/mol. The zero-order chi connectivity index (χ0) is 17.4. The number of nitro groups is 1. The number of benzene rings is 2. The molecular formula is C17H17N3O3S. The number of hydrogen-bond donors (Lipinski definition) is 1. The first-order valence-corrected chi connectivity index (χ1v) is 8.34. The molecule has 0 heterocycles. The number of nitro benzene ring substituents is 1. The van der Waals surface area contributed by atoms with Gasteiger partial charge in [0.25, 0.3) is 11.6 Å². The Morgan fingerprint density at radius 2 is 1.92 bits per heavy atom. The van der Waals surface area contributed by atoms with E-state index in [9.17, 15) is 14.9 Å². The fourth-order valence-corrected chi connectivity index (χ4v) is 2.73. The van der Waals surface area contributed by atoms with Gasteiger partial charge in [0, 0.05) is 11.8 Å². The lowest BCUT2D eigenvalue weighted by Gasteiger charge is -2.09. The first-order chi connectivity index (χ1) is 11.6. The van der Waals surface area contributed by atoms with Gasteiger partial charge in [0.15, 0.2) is 0 Å². The topological polar surface area (TPSA) is 84.6 Å². The highest BCUT2D eigenvalue weighted by Crippen LogP contribution is 2.18. The molecule has 0 saturated carbocycles. The van der Waals surface area contributed by atoms with Crippen LogP contribution in [0.3, 0.4) is 0 Å². The van der Waals surface area contributed by atoms with Gasteiger partial charge in [0.05, 0.1) is 22.0 Å². The molecule has 124 valence electrons. The zero-order valence-electron chi connectivity index (χ0n) is 13.1. The number of hydrazone groups is 1. The maximum absolute atomic E-state index is 12.0. The van der Waals surface area contributed by atoms with Gasteiger partial charge in [-0.2, -0.15) is 5.10 Å². The molecule has 1 N–H and O–H groups in total. The van der Waals surface area contributed by atoms with Gasteiger partial charge >= 0.3 is 0 Å². The van der Waals surface area contributed by atoms with Crippen LogP contribution in [-0.4, -0.2) is 22.3 Å². The highest BCUT2D eigenvalue weighted by atomic mass is 32.2. The lowest BCUT2D eigenvalue weighted by Crippen LogP contribution is -2.27. The second kappa shape index (κ2) is 8.83. The first-order valence-electron chi connectivity index (χ1n) is 7.30.